The van der Waals surface area contributed by atoms with Crippen LogP contribution in [-0.4, -0.2) is 15.5 Å². The molecule has 21 heavy (non-hydrogen) atoms. The molecule has 1 aromatic carbocycles. The molecule has 2 N–H and O–H groups in total. The van der Waals surface area contributed by atoms with E-state index in [0.717, 1.165) is 16.0 Å². The second-order valence-electron chi connectivity index (χ2n) is 4.80. The van der Waals surface area contributed by atoms with Crippen molar-refractivity contribution in [1.82, 2.24) is 5.32 Å². The maximum Gasteiger partial charge on any atom is 0.263 e. The number of thiophene rings is 1. The molecule has 0 aliphatic heterocycles. The zero-order chi connectivity index (χ0) is 15.6. The highest BCUT2D eigenvalue weighted by atomic mass is 79.9. The van der Waals surface area contributed by atoms with Crippen LogP contribution >= 0.6 is 27.3 Å². The monoisotopic (exact) mass is 388 g/mol. The van der Waals surface area contributed by atoms with Crippen LogP contribution in [0, 0.1) is 13.8 Å². The molecule has 0 aliphatic carbocycles. The summed E-state index contributed by atoms with van der Waals surface area (Å²) in [6.45, 7) is 4.51. The molecule has 0 saturated heterocycles. The molecule has 7 heteroatoms. The maximum atomic E-state index is 12.5. The fourth-order valence-corrected chi connectivity index (χ4v) is 5.80. The van der Waals surface area contributed by atoms with E-state index in [0.29, 0.717) is 16.0 Å². The highest BCUT2D eigenvalue weighted by molar-refractivity contribution is 9.11. The summed E-state index contributed by atoms with van der Waals surface area (Å²) in [7, 11) is -1.76. The Kier molecular flexibility index (Phi) is 5.08. The third-order valence-corrected chi connectivity index (χ3v) is 6.59. The van der Waals surface area contributed by atoms with E-state index in [-0.39, 0.29) is 4.90 Å². The van der Waals surface area contributed by atoms with Crippen molar-refractivity contribution < 1.29 is 8.42 Å². The van der Waals surface area contributed by atoms with Gasteiger partial charge in [0.1, 0.15) is 4.90 Å². The summed E-state index contributed by atoms with van der Waals surface area (Å²) in [5.74, 6) is 0. The van der Waals surface area contributed by atoms with Crippen LogP contribution in [0.5, 0.6) is 0 Å². The van der Waals surface area contributed by atoms with Crippen LogP contribution in [0.4, 0.5) is 5.69 Å². The number of halogens is 1. The molecule has 0 aliphatic rings. The molecule has 114 valence electrons. The molecule has 0 spiro atoms. The first-order valence-electron chi connectivity index (χ1n) is 6.36. The minimum Gasteiger partial charge on any atom is -0.315 e. The van der Waals surface area contributed by atoms with Crippen LogP contribution in [0.1, 0.15) is 16.0 Å². The number of hydrogen-bond donors (Lipinski definition) is 2. The summed E-state index contributed by atoms with van der Waals surface area (Å²) in [5.41, 5.74) is 2.61. The van der Waals surface area contributed by atoms with Gasteiger partial charge < -0.3 is 5.32 Å². The van der Waals surface area contributed by atoms with Crippen molar-refractivity contribution in [2.24, 2.45) is 0 Å². The third-order valence-electron chi connectivity index (χ3n) is 2.97. The highest BCUT2D eigenvalue weighted by Crippen LogP contribution is 2.33. The van der Waals surface area contributed by atoms with E-state index in [1.165, 1.54) is 11.3 Å². The summed E-state index contributed by atoms with van der Waals surface area (Å²) < 4.78 is 28.3. The molecule has 0 atom stereocenters. The van der Waals surface area contributed by atoms with E-state index >= 15 is 0 Å². The molecule has 0 saturated carbocycles. The summed E-state index contributed by atoms with van der Waals surface area (Å²) in [5, 5.41) is 3.02. The Morgan fingerprint density at radius 2 is 1.95 bits per heavy atom. The lowest BCUT2D eigenvalue weighted by Gasteiger charge is -2.10. The van der Waals surface area contributed by atoms with Gasteiger partial charge in [-0.1, -0.05) is 17.7 Å². The zero-order valence-electron chi connectivity index (χ0n) is 12.0. The van der Waals surface area contributed by atoms with E-state index in [4.69, 9.17) is 0 Å². The SMILES string of the molecule is CNCc1cc(S(=O)(=O)Nc2ccc(C)cc2C)c(Br)s1. The molecular formula is C14H17BrN2O2S2. The highest BCUT2D eigenvalue weighted by Gasteiger charge is 2.21. The van der Waals surface area contributed by atoms with Crippen molar-refractivity contribution in [3.63, 3.8) is 0 Å². The van der Waals surface area contributed by atoms with E-state index in [1.54, 1.807) is 12.1 Å². The minimum atomic E-state index is -3.59. The first-order valence-corrected chi connectivity index (χ1v) is 9.45. The van der Waals surface area contributed by atoms with Crippen LogP contribution in [-0.2, 0) is 16.6 Å². The lowest BCUT2D eigenvalue weighted by atomic mass is 10.1. The Bertz CT molecular complexity index is 754. The molecule has 1 heterocycles. The molecule has 0 unspecified atom stereocenters. The second kappa shape index (κ2) is 6.48. The van der Waals surface area contributed by atoms with Gasteiger partial charge in [-0.2, -0.15) is 0 Å². The second-order valence-corrected chi connectivity index (χ2v) is 8.91. The lowest BCUT2D eigenvalue weighted by Crippen LogP contribution is -2.13. The number of anilines is 1. The van der Waals surface area contributed by atoms with Gasteiger partial charge in [0, 0.05) is 11.4 Å². The summed E-state index contributed by atoms with van der Waals surface area (Å²) in [4.78, 5) is 1.24. The Morgan fingerprint density at radius 3 is 2.57 bits per heavy atom. The van der Waals surface area contributed by atoms with E-state index in [1.807, 2.05) is 33.0 Å². The number of sulfonamides is 1. The molecule has 2 aromatic rings. The Morgan fingerprint density at radius 1 is 1.24 bits per heavy atom. The maximum absolute atomic E-state index is 12.5. The van der Waals surface area contributed by atoms with Crippen LogP contribution in [0.25, 0.3) is 0 Å². The average Bonchev–Trinajstić information content (AvgIpc) is 2.75. The predicted molar refractivity (Wildman–Crippen MR) is 91.5 cm³/mol. The summed E-state index contributed by atoms with van der Waals surface area (Å²) >= 11 is 4.76. The largest absolute Gasteiger partial charge is 0.315 e. The first-order chi connectivity index (χ1) is 9.83. The van der Waals surface area contributed by atoms with Gasteiger partial charge in [0.25, 0.3) is 10.0 Å². The average molecular weight is 389 g/mol. The number of rotatable bonds is 5. The molecule has 0 amide bonds. The standard InChI is InChI=1S/C14H17BrN2O2S2/c1-9-4-5-12(10(2)6-9)17-21(18,19)13-7-11(8-16-3)20-14(13)15/h4-7,16-17H,8H2,1-3H3. The Hall–Kier alpha value is -0.890. The third kappa shape index (κ3) is 3.85. The molecule has 0 bridgehead atoms. The summed E-state index contributed by atoms with van der Waals surface area (Å²) in [6, 6.07) is 7.32. The minimum absolute atomic E-state index is 0.276. The molecule has 0 radical (unpaired) electrons. The van der Waals surface area contributed by atoms with Crippen molar-refractivity contribution in [1.29, 1.82) is 0 Å². The van der Waals surface area contributed by atoms with E-state index < -0.39 is 10.0 Å². The van der Waals surface area contributed by atoms with Crippen LogP contribution in [0.2, 0.25) is 0 Å². The Labute approximate surface area is 137 Å². The van der Waals surface area contributed by atoms with Crippen LogP contribution in [0.3, 0.4) is 0 Å². The smallest absolute Gasteiger partial charge is 0.263 e. The van der Waals surface area contributed by atoms with Gasteiger partial charge >= 0.3 is 0 Å². The van der Waals surface area contributed by atoms with Gasteiger partial charge in [-0.05, 0) is 54.5 Å². The van der Waals surface area contributed by atoms with Gasteiger partial charge in [0.2, 0.25) is 0 Å². The Balaban J connectivity index is 2.34. The number of nitrogens with one attached hydrogen (secondary N) is 2. The van der Waals surface area contributed by atoms with Gasteiger partial charge in [-0.3, -0.25) is 4.72 Å². The fourth-order valence-electron chi connectivity index (χ4n) is 1.97. The molecule has 4 nitrogen and oxygen atoms in total. The molecular weight excluding hydrogens is 372 g/mol. The van der Waals surface area contributed by atoms with Gasteiger partial charge in [0.15, 0.2) is 0 Å². The first kappa shape index (κ1) is 16.5. The van der Waals surface area contributed by atoms with E-state index in [9.17, 15) is 8.42 Å². The normalized spacial score (nSPS) is 11.6. The quantitative estimate of drug-likeness (QED) is 0.821. The van der Waals surface area contributed by atoms with Crippen molar-refractivity contribution in [3.05, 3.63) is 44.1 Å². The van der Waals surface area contributed by atoms with Crippen molar-refractivity contribution in [2.45, 2.75) is 25.3 Å². The fraction of sp³-hybridized carbons (Fsp3) is 0.286. The molecule has 2 rings (SSSR count). The van der Waals surface area contributed by atoms with Gasteiger partial charge in [-0.25, -0.2) is 8.42 Å². The van der Waals surface area contributed by atoms with Crippen LogP contribution < -0.4 is 10.0 Å². The molecule has 1 aromatic heterocycles. The zero-order valence-corrected chi connectivity index (χ0v) is 15.2. The van der Waals surface area contributed by atoms with Crippen molar-refractivity contribution in [3.8, 4) is 0 Å². The lowest BCUT2D eigenvalue weighted by molar-refractivity contribution is 0.601. The number of benzene rings is 1. The van der Waals surface area contributed by atoms with Crippen molar-refractivity contribution >= 4 is 43.0 Å². The number of aryl methyl sites for hydroxylation is 2. The van der Waals surface area contributed by atoms with Crippen LogP contribution in [0.15, 0.2) is 32.9 Å². The summed E-state index contributed by atoms with van der Waals surface area (Å²) in [6.07, 6.45) is 0. The number of hydrogen-bond acceptors (Lipinski definition) is 4. The van der Waals surface area contributed by atoms with Gasteiger partial charge in [0.05, 0.1) is 9.47 Å². The topological polar surface area (TPSA) is 58.2 Å². The predicted octanol–water partition coefficient (Wildman–Crippen LogP) is 3.65. The van der Waals surface area contributed by atoms with Crippen molar-refractivity contribution in [2.75, 3.05) is 11.8 Å². The molecule has 0 fully saturated rings. The van der Waals surface area contributed by atoms with E-state index in [2.05, 4.69) is 26.0 Å². The van der Waals surface area contributed by atoms with Gasteiger partial charge in [-0.15, -0.1) is 11.3 Å².